The molecule has 1 saturated heterocycles. The molecular formula is C16H15FN6O2. The van der Waals surface area contributed by atoms with Gasteiger partial charge >= 0.3 is 0 Å². The number of hydrogen-bond donors (Lipinski definition) is 1. The van der Waals surface area contributed by atoms with Gasteiger partial charge in [-0.05, 0) is 6.07 Å². The molecule has 1 aliphatic heterocycles. The number of benzene rings is 1. The van der Waals surface area contributed by atoms with E-state index >= 15 is 0 Å². The molecule has 0 radical (unpaired) electrons. The molecule has 2 atom stereocenters. The van der Waals surface area contributed by atoms with Crippen LogP contribution in [0.3, 0.4) is 0 Å². The van der Waals surface area contributed by atoms with E-state index in [9.17, 15) is 9.18 Å². The molecule has 9 heteroatoms. The molecule has 0 bridgehead atoms. The quantitative estimate of drug-likeness (QED) is 0.774. The number of nitrogens with one attached hydrogen (secondary N) is 1. The number of carbonyl (C=O) groups is 1. The number of carbonyl (C=O) groups excluding carboxylic acids is 1. The molecule has 8 nitrogen and oxygen atoms in total. The average Bonchev–Trinajstić information content (AvgIpc) is 3.29. The van der Waals surface area contributed by atoms with E-state index in [4.69, 9.17) is 4.74 Å². The predicted molar refractivity (Wildman–Crippen MR) is 85.1 cm³/mol. The fraction of sp³-hybridized carbons (Fsp3) is 0.312. The molecule has 2 aromatic heterocycles. The van der Waals surface area contributed by atoms with E-state index in [2.05, 4.69) is 25.1 Å². The second-order valence-corrected chi connectivity index (χ2v) is 5.81. The fourth-order valence-corrected chi connectivity index (χ4v) is 3.13. The molecule has 0 aliphatic carbocycles. The molecule has 0 spiro atoms. The topological polar surface area (TPSA) is 96.9 Å². The van der Waals surface area contributed by atoms with E-state index in [-0.39, 0.29) is 17.7 Å². The monoisotopic (exact) mass is 342 g/mol. The van der Waals surface area contributed by atoms with Crippen molar-refractivity contribution in [3.05, 3.63) is 48.1 Å². The summed E-state index contributed by atoms with van der Waals surface area (Å²) < 4.78 is 19.9. The standard InChI is InChI=1S/C16H15FN6O2/c1-25-9-4-14(15-20-8-21-22-15)23(7-9)16(24)10-5-12-13(6-11(10)17)19-3-2-18-12/h2-3,5-6,8-9,14H,4,7H2,1H3,(H,20,21,22)/t9-,14+/m1/s1. The molecule has 0 unspecified atom stereocenters. The lowest BCUT2D eigenvalue weighted by molar-refractivity contribution is 0.0680. The van der Waals surface area contributed by atoms with E-state index in [1.54, 1.807) is 12.0 Å². The number of aromatic nitrogens is 5. The molecule has 1 fully saturated rings. The van der Waals surface area contributed by atoms with Crippen LogP contribution < -0.4 is 0 Å². The zero-order valence-corrected chi connectivity index (χ0v) is 13.4. The highest BCUT2D eigenvalue weighted by molar-refractivity contribution is 5.98. The van der Waals surface area contributed by atoms with Crippen LogP contribution in [-0.2, 0) is 4.74 Å². The SMILES string of the molecule is CO[C@@H]1C[C@@H](c2ncn[nH]2)N(C(=O)c2cc3nccnc3cc2F)C1. The number of ether oxygens (including phenoxy) is 1. The maximum Gasteiger partial charge on any atom is 0.257 e. The Morgan fingerprint density at radius 2 is 2.04 bits per heavy atom. The normalized spacial score (nSPS) is 20.3. The fourth-order valence-electron chi connectivity index (χ4n) is 3.13. The Hall–Kier alpha value is -2.94. The lowest BCUT2D eigenvalue weighted by Crippen LogP contribution is -2.33. The van der Waals surface area contributed by atoms with E-state index in [0.29, 0.717) is 29.8 Å². The number of rotatable bonds is 3. The number of nitrogens with zero attached hydrogens (tertiary/aromatic N) is 5. The van der Waals surface area contributed by atoms with Crippen LogP contribution in [0, 0.1) is 5.82 Å². The Labute approximate surface area is 142 Å². The van der Waals surface area contributed by atoms with Crippen LogP contribution in [0.4, 0.5) is 4.39 Å². The molecular weight excluding hydrogens is 327 g/mol. The highest BCUT2D eigenvalue weighted by Gasteiger charge is 2.39. The Kier molecular flexibility index (Phi) is 3.85. The maximum atomic E-state index is 14.5. The van der Waals surface area contributed by atoms with Gasteiger partial charge in [0.15, 0.2) is 0 Å². The number of H-pyrrole nitrogens is 1. The van der Waals surface area contributed by atoms with E-state index in [1.807, 2.05) is 0 Å². The summed E-state index contributed by atoms with van der Waals surface area (Å²) >= 11 is 0. The van der Waals surface area contributed by atoms with E-state index < -0.39 is 11.7 Å². The van der Waals surface area contributed by atoms with Crippen molar-refractivity contribution in [2.24, 2.45) is 0 Å². The second-order valence-electron chi connectivity index (χ2n) is 5.81. The zero-order valence-electron chi connectivity index (χ0n) is 13.4. The zero-order chi connectivity index (χ0) is 17.4. The van der Waals surface area contributed by atoms with Gasteiger partial charge in [-0.25, -0.2) is 9.37 Å². The molecule has 1 aromatic carbocycles. The van der Waals surface area contributed by atoms with Gasteiger partial charge in [0.05, 0.1) is 28.7 Å². The molecule has 4 rings (SSSR count). The van der Waals surface area contributed by atoms with Gasteiger partial charge < -0.3 is 9.64 Å². The van der Waals surface area contributed by atoms with Gasteiger partial charge in [-0.2, -0.15) is 5.10 Å². The predicted octanol–water partition coefficient (Wildman–Crippen LogP) is 1.49. The first-order chi connectivity index (χ1) is 12.2. The highest BCUT2D eigenvalue weighted by atomic mass is 19.1. The Morgan fingerprint density at radius 1 is 1.28 bits per heavy atom. The van der Waals surface area contributed by atoms with Crippen molar-refractivity contribution in [1.82, 2.24) is 30.0 Å². The van der Waals surface area contributed by atoms with Crippen molar-refractivity contribution >= 4 is 16.9 Å². The van der Waals surface area contributed by atoms with Crippen LogP contribution >= 0.6 is 0 Å². The molecule has 1 aliphatic rings. The summed E-state index contributed by atoms with van der Waals surface area (Å²) in [6.45, 7) is 0.346. The third-order valence-electron chi connectivity index (χ3n) is 4.39. The van der Waals surface area contributed by atoms with Gasteiger partial charge in [0.1, 0.15) is 18.0 Å². The number of likely N-dealkylation sites (tertiary alicyclic amines) is 1. The minimum absolute atomic E-state index is 0.0470. The van der Waals surface area contributed by atoms with E-state index in [1.165, 1.54) is 30.9 Å². The molecule has 25 heavy (non-hydrogen) atoms. The molecule has 0 saturated carbocycles. The Balaban J connectivity index is 1.72. The summed E-state index contributed by atoms with van der Waals surface area (Å²) in [4.78, 5) is 26.9. The van der Waals surface area contributed by atoms with Crippen LogP contribution in [0.5, 0.6) is 0 Å². The van der Waals surface area contributed by atoms with Crippen LogP contribution in [0.25, 0.3) is 11.0 Å². The van der Waals surface area contributed by atoms with E-state index in [0.717, 1.165) is 0 Å². The van der Waals surface area contributed by atoms with Crippen molar-refractivity contribution in [2.75, 3.05) is 13.7 Å². The molecule has 1 amide bonds. The summed E-state index contributed by atoms with van der Waals surface area (Å²) in [7, 11) is 1.59. The smallest absolute Gasteiger partial charge is 0.257 e. The van der Waals surface area contributed by atoms with Crippen molar-refractivity contribution < 1.29 is 13.9 Å². The lowest BCUT2D eigenvalue weighted by atomic mass is 10.1. The third kappa shape index (κ3) is 2.72. The maximum absolute atomic E-state index is 14.5. The van der Waals surface area contributed by atoms with Gasteiger partial charge in [0, 0.05) is 38.5 Å². The minimum atomic E-state index is -0.629. The van der Waals surface area contributed by atoms with Crippen LogP contribution in [-0.4, -0.2) is 55.7 Å². The lowest BCUT2D eigenvalue weighted by Gasteiger charge is -2.23. The summed E-state index contributed by atoms with van der Waals surface area (Å²) in [5.41, 5.74) is 0.819. The summed E-state index contributed by atoms with van der Waals surface area (Å²) in [6.07, 6.45) is 4.77. The second kappa shape index (κ2) is 6.17. The van der Waals surface area contributed by atoms with Crippen LogP contribution in [0.2, 0.25) is 0 Å². The van der Waals surface area contributed by atoms with Gasteiger partial charge in [-0.1, -0.05) is 0 Å². The number of fused-ring (bicyclic) bond motifs is 1. The van der Waals surface area contributed by atoms with Gasteiger partial charge in [0.2, 0.25) is 0 Å². The molecule has 3 heterocycles. The van der Waals surface area contributed by atoms with Crippen LogP contribution in [0.1, 0.15) is 28.6 Å². The third-order valence-corrected chi connectivity index (χ3v) is 4.39. The van der Waals surface area contributed by atoms with Gasteiger partial charge in [-0.3, -0.25) is 19.9 Å². The first-order valence-corrected chi connectivity index (χ1v) is 7.76. The van der Waals surface area contributed by atoms with Crippen molar-refractivity contribution in [3.8, 4) is 0 Å². The number of halogens is 1. The number of methoxy groups -OCH3 is 1. The Morgan fingerprint density at radius 3 is 2.72 bits per heavy atom. The highest BCUT2D eigenvalue weighted by Crippen LogP contribution is 2.33. The molecule has 128 valence electrons. The average molecular weight is 342 g/mol. The van der Waals surface area contributed by atoms with Crippen molar-refractivity contribution in [3.63, 3.8) is 0 Å². The van der Waals surface area contributed by atoms with Crippen LogP contribution in [0.15, 0.2) is 30.9 Å². The minimum Gasteiger partial charge on any atom is -0.380 e. The number of hydrogen-bond acceptors (Lipinski definition) is 6. The van der Waals surface area contributed by atoms with Crippen molar-refractivity contribution in [2.45, 2.75) is 18.6 Å². The number of amides is 1. The summed E-state index contributed by atoms with van der Waals surface area (Å²) in [6, 6.07) is 2.30. The first kappa shape index (κ1) is 15.6. The molecule has 3 aromatic rings. The van der Waals surface area contributed by atoms with Crippen molar-refractivity contribution in [1.29, 1.82) is 0 Å². The molecule has 1 N–H and O–H groups in total. The Bertz CT molecular complexity index is 916. The summed E-state index contributed by atoms with van der Waals surface area (Å²) in [5, 5.41) is 6.61. The largest absolute Gasteiger partial charge is 0.380 e. The van der Waals surface area contributed by atoms with Gasteiger partial charge in [0.25, 0.3) is 5.91 Å². The first-order valence-electron chi connectivity index (χ1n) is 7.76. The summed E-state index contributed by atoms with van der Waals surface area (Å²) in [5.74, 6) is -0.518. The number of aromatic amines is 1. The van der Waals surface area contributed by atoms with Gasteiger partial charge in [-0.15, -0.1) is 0 Å².